The first-order chi connectivity index (χ1) is 15.0. The number of aromatic nitrogens is 4. The minimum Gasteiger partial charge on any atom is -0.493 e. The highest BCUT2D eigenvalue weighted by molar-refractivity contribution is 5.81. The zero-order chi connectivity index (χ0) is 22.0. The Morgan fingerprint density at radius 1 is 1.13 bits per heavy atom. The van der Waals surface area contributed by atoms with E-state index in [2.05, 4.69) is 33.1 Å². The van der Waals surface area contributed by atoms with Crippen LogP contribution in [0.1, 0.15) is 25.4 Å². The molecule has 0 spiro atoms. The average molecular weight is 425 g/mol. The number of rotatable bonds is 6. The Hall–Kier alpha value is -3.36. The number of carbonyl (C=O) groups is 1. The Labute approximate surface area is 181 Å². The second-order valence-corrected chi connectivity index (χ2v) is 7.58. The zero-order valence-electron chi connectivity index (χ0n) is 18.4. The number of methoxy groups -OCH3 is 1. The summed E-state index contributed by atoms with van der Waals surface area (Å²) in [6.45, 7) is 8.48. The van der Waals surface area contributed by atoms with Gasteiger partial charge in [-0.15, -0.1) is 10.2 Å². The maximum Gasteiger partial charge on any atom is 0.263 e. The van der Waals surface area contributed by atoms with Crippen molar-refractivity contribution in [2.75, 3.05) is 38.2 Å². The van der Waals surface area contributed by atoms with Gasteiger partial charge < -0.3 is 19.3 Å². The summed E-state index contributed by atoms with van der Waals surface area (Å²) in [4.78, 5) is 21.6. The lowest BCUT2D eigenvalue weighted by molar-refractivity contribution is -0.138. The standard InChI is InChI=1S/C22H28N6O3/c1-5-19-24-25-22-23-20(14-15(2)28(19)22)26-10-12-27(13-11-26)21(29)16(3)31-18-9-7-6-8-17(18)30-4/h6-9,14,16H,5,10-13H2,1-4H3/t16-/m0/s1. The fraction of sp³-hybridized carbons (Fsp3) is 0.455. The third kappa shape index (κ3) is 4.12. The number of hydrogen-bond donors (Lipinski definition) is 0. The Morgan fingerprint density at radius 2 is 1.84 bits per heavy atom. The molecule has 1 fully saturated rings. The number of ether oxygens (including phenoxy) is 2. The van der Waals surface area contributed by atoms with Gasteiger partial charge >= 0.3 is 0 Å². The molecule has 31 heavy (non-hydrogen) atoms. The Morgan fingerprint density at radius 3 is 2.52 bits per heavy atom. The molecule has 1 amide bonds. The van der Waals surface area contributed by atoms with Crippen LogP contribution in [0.4, 0.5) is 5.82 Å². The fourth-order valence-corrected chi connectivity index (χ4v) is 3.89. The van der Waals surface area contributed by atoms with Crippen molar-refractivity contribution in [3.05, 3.63) is 41.9 Å². The molecule has 3 aromatic rings. The molecule has 1 atom stereocenters. The molecular formula is C22H28N6O3. The number of nitrogens with zero attached hydrogens (tertiary/aromatic N) is 6. The van der Waals surface area contributed by atoms with Crippen LogP contribution in [-0.4, -0.2) is 69.8 Å². The fourth-order valence-electron chi connectivity index (χ4n) is 3.89. The van der Waals surface area contributed by atoms with Crippen LogP contribution in [0.25, 0.3) is 5.78 Å². The highest BCUT2D eigenvalue weighted by atomic mass is 16.5. The van der Waals surface area contributed by atoms with Gasteiger partial charge in [0.05, 0.1) is 7.11 Å². The van der Waals surface area contributed by atoms with Crippen LogP contribution in [0.2, 0.25) is 0 Å². The number of hydrogen-bond acceptors (Lipinski definition) is 7. The van der Waals surface area contributed by atoms with Gasteiger partial charge in [0, 0.05) is 44.4 Å². The summed E-state index contributed by atoms with van der Waals surface area (Å²) in [5, 5.41) is 8.43. The van der Waals surface area contributed by atoms with Crippen LogP contribution >= 0.6 is 0 Å². The molecule has 1 aliphatic rings. The normalized spacial score (nSPS) is 15.2. The second kappa shape index (κ2) is 8.79. The lowest BCUT2D eigenvalue weighted by Crippen LogP contribution is -2.52. The molecule has 1 aromatic carbocycles. The predicted octanol–water partition coefficient (Wildman–Crippen LogP) is 2.12. The molecular weight excluding hydrogens is 396 g/mol. The van der Waals surface area contributed by atoms with Gasteiger partial charge in [0.2, 0.25) is 0 Å². The van der Waals surface area contributed by atoms with Gasteiger partial charge in [0.15, 0.2) is 17.6 Å². The number of benzene rings is 1. The molecule has 0 radical (unpaired) electrons. The number of amides is 1. The van der Waals surface area contributed by atoms with Crippen molar-refractivity contribution in [1.29, 1.82) is 0 Å². The largest absolute Gasteiger partial charge is 0.493 e. The van der Waals surface area contributed by atoms with E-state index in [1.54, 1.807) is 20.1 Å². The summed E-state index contributed by atoms with van der Waals surface area (Å²) in [6.07, 6.45) is 0.210. The molecule has 0 saturated carbocycles. The van der Waals surface area contributed by atoms with Gasteiger partial charge in [-0.3, -0.25) is 9.20 Å². The molecule has 1 saturated heterocycles. The topological polar surface area (TPSA) is 85.1 Å². The number of aryl methyl sites for hydroxylation is 2. The predicted molar refractivity (Wildman–Crippen MR) is 117 cm³/mol. The molecule has 1 aliphatic heterocycles. The Balaban J connectivity index is 1.40. The van der Waals surface area contributed by atoms with Crippen LogP contribution in [-0.2, 0) is 11.2 Å². The average Bonchev–Trinajstić information content (AvgIpc) is 3.23. The third-order valence-corrected chi connectivity index (χ3v) is 5.57. The quantitative estimate of drug-likeness (QED) is 0.599. The van der Waals surface area contributed by atoms with E-state index in [4.69, 9.17) is 9.47 Å². The van der Waals surface area contributed by atoms with Crippen molar-refractivity contribution >= 4 is 17.5 Å². The van der Waals surface area contributed by atoms with E-state index in [0.717, 1.165) is 23.8 Å². The van der Waals surface area contributed by atoms with Crippen LogP contribution in [0.3, 0.4) is 0 Å². The van der Waals surface area contributed by atoms with E-state index in [9.17, 15) is 4.79 Å². The third-order valence-electron chi connectivity index (χ3n) is 5.57. The molecule has 4 rings (SSSR count). The van der Waals surface area contributed by atoms with Crippen molar-refractivity contribution in [1.82, 2.24) is 24.5 Å². The monoisotopic (exact) mass is 424 g/mol. The summed E-state index contributed by atoms with van der Waals surface area (Å²) in [7, 11) is 1.59. The molecule has 0 unspecified atom stereocenters. The van der Waals surface area contributed by atoms with Crippen molar-refractivity contribution in [2.24, 2.45) is 0 Å². The molecule has 3 heterocycles. The van der Waals surface area contributed by atoms with E-state index >= 15 is 0 Å². The van der Waals surface area contributed by atoms with Crippen molar-refractivity contribution in [3.63, 3.8) is 0 Å². The van der Waals surface area contributed by atoms with E-state index < -0.39 is 6.10 Å². The maximum atomic E-state index is 12.9. The summed E-state index contributed by atoms with van der Waals surface area (Å²) >= 11 is 0. The SMILES string of the molecule is CCc1nnc2nc(N3CCN(C(=O)[C@H](C)Oc4ccccc4OC)CC3)cc(C)n12. The molecule has 0 bridgehead atoms. The van der Waals surface area contributed by atoms with E-state index in [-0.39, 0.29) is 5.91 Å². The summed E-state index contributed by atoms with van der Waals surface area (Å²) in [6, 6.07) is 9.40. The molecule has 2 aromatic heterocycles. The van der Waals surface area contributed by atoms with E-state index in [0.29, 0.717) is 43.5 Å². The van der Waals surface area contributed by atoms with E-state index in [1.807, 2.05) is 34.4 Å². The Bertz CT molecular complexity index is 1070. The van der Waals surface area contributed by atoms with E-state index in [1.165, 1.54) is 0 Å². The minimum atomic E-state index is -0.594. The number of para-hydroxylation sites is 2. The van der Waals surface area contributed by atoms with Crippen molar-refractivity contribution in [3.8, 4) is 11.5 Å². The number of carbonyl (C=O) groups excluding carboxylic acids is 1. The first-order valence-corrected chi connectivity index (χ1v) is 10.6. The van der Waals surface area contributed by atoms with Crippen molar-refractivity contribution < 1.29 is 14.3 Å². The van der Waals surface area contributed by atoms with Gasteiger partial charge in [0.1, 0.15) is 11.6 Å². The molecule has 0 N–H and O–H groups in total. The number of piperazine rings is 1. The highest BCUT2D eigenvalue weighted by Gasteiger charge is 2.27. The molecule has 9 heteroatoms. The van der Waals surface area contributed by atoms with Crippen LogP contribution in [0.5, 0.6) is 11.5 Å². The summed E-state index contributed by atoms with van der Waals surface area (Å²) in [5.41, 5.74) is 1.05. The molecule has 164 valence electrons. The number of fused-ring (bicyclic) bond motifs is 1. The first-order valence-electron chi connectivity index (χ1n) is 10.6. The second-order valence-electron chi connectivity index (χ2n) is 7.58. The van der Waals surface area contributed by atoms with Crippen LogP contribution in [0, 0.1) is 6.92 Å². The first kappa shape index (κ1) is 20.9. The van der Waals surface area contributed by atoms with Crippen molar-refractivity contribution in [2.45, 2.75) is 33.3 Å². The molecule has 0 aliphatic carbocycles. The van der Waals surface area contributed by atoms with Gasteiger partial charge in [-0.1, -0.05) is 19.1 Å². The lowest BCUT2D eigenvalue weighted by Gasteiger charge is -2.36. The maximum absolute atomic E-state index is 12.9. The number of anilines is 1. The van der Waals surface area contributed by atoms with Gasteiger partial charge in [-0.05, 0) is 26.0 Å². The molecule has 9 nitrogen and oxygen atoms in total. The summed E-state index contributed by atoms with van der Waals surface area (Å²) in [5.74, 6) is 3.54. The smallest absolute Gasteiger partial charge is 0.263 e. The van der Waals surface area contributed by atoms with Gasteiger partial charge in [-0.25, -0.2) is 0 Å². The van der Waals surface area contributed by atoms with Crippen LogP contribution in [0.15, 0.2) is 30.3 Å². The van der Waals surface area contributed by atoms with Gasteiger partial charge in [-0.2, -0.15) is 4.98 Å². The Kier molecular flexibility index (Phi) is 5.92. The highest BCUT2D eigenvalue weighted by Crippen LogP contribution is 2.27. The summed E-state index contributed by atoms with van der Waals surface area (Å²) < 4.78 is 13.2. The lowest BCUT2D eigenvalue weighted by atomic mass is 10.2. The minimum absolute atomic E-state index is 0.0322. The van der Waals surface area contributed by atoms with Crippen LogP contribution < -0.4 is 14.4 Å². The van der Waals surface area contributed by atoms with Gasteiger partial charge in [0.25, 0.3) is 11.7 Å². The zero-order valence-corrected chi connectivity index (χ0v) is 18.4.